The van der Waals surface area contributed by atoms with Crippen LogP contribution in [0.3, 0.4) is 0 Å². The second-order valence-electron chi connectivity index (χ2n) is 6.30. The number of hydrogen-bond acceptors (Lipinski definition) is 2. The molecule has 0 aliphatic heterocycles. The van der Waals surface area contributed by atoms with E-state index < -0.39 is 0 Å². The second kappa shape index (κ2) is 6.76. The van der Waals surface area contributed by atoms with Gasteiger partial charge in [0, 0.05) is 5.70 Å². The van der Waals surface area contributed by atoms with Gasteiger partial charge in [-0.15, -0.1) is 11.6 Å². The van der Waals surface area contributed by atoms with Crippen molar-refractivity contribution in [2.75, 3.05) is 12.6 Å². The molecule has 0 bridgehead atoms. The molecule has 0 saturated heterocycles. The Balaban J connectivity index is 2.93. The normalized spacial score (nSPS) is 20.6. The molecule has 0 aromatic heterocycles. The second-order valence-corrected chi connectivity index (χ2v) is 6.57. The molecule has 1 aliphatic carbocycles. The molecule has 1 rings (SSSR count). The van der Waals surface area contributed by atoms with Gasteiger partial charge in [-0.05, 0) is 52.9 Å². The lowest BCUT2D eigenvalue weighted by molar-refractivity contribution is -0.137. The molecule has 4 heteroatoms. The Labute approximate surface area is 121 Å². The summed E-state index contributed by atoms with van der Waals surface area (Å²) in [6.45, 7) is 10.5. The number of ether oxygens (including phenoxy) is 1. The molecular formula is C15H26ClNO2. The van der Waals surface area contributed by atoms with Crippen molar-refractivity contribution in [2.24, 2.45) is 5.92 Å². The van der Waals surface area contributed by atoms with Crippen LogP contribution in [0.1, 0.15) is 53.9 Å². The highest BCUT2D eigenvalue weighted by Crippen LogP contribution is 2.32. The van der Waals surface area contributed by atoms with E-state index in [2.05, 4.69) is 13.8 Å². The lowest BCUT2D eigenvalue weighted by Crippen LogP contribution is -2.39. The third-order valence-electron chi connectivity index (χ3n) is 3.43. The summed E-state index contributed by atoms with van der Waals surface area (Å²) in [5, 5.41) is 0. The summed E-state index contributed by atoms with van der Waals surface area (Å²) in [7, 11) is 0. The zero-order chi connectivity index (χ0) is 14.6. The predicted molar refractivity (Wildman–Crippen MR) is 79.0 cm³/mol. The highest BCUT2D eigenvalue weighted by atomic mass is 35.5. The fourth-order valence-electron chi connectivity index (χ4n) is 2.46. The standard InChI is InChI=1S/C15H26ClNO2/c1-11-7-6-8-12(2)14(11)17(13(18)9-16)10-19-15(3,4)5/h11H,6-10H2,1-5H3. The van der Waals surface area contributed by atoms with E-state index in [0.717, 1.165) is 18.5 Å². The number of carbonyl (C=O) groups is 1. The highest BCUT2D eigenvalue weighted by Gasteiger charge is 2.27. The molecule has 19 heavy (non-hydrogen) atoms. The maximum absolute atomic E-state index is 12.1. The molecule has 0 saturated carbocycles. The van der Waals surface area contributed by atoms with Gasteiger partial charge in [-0.1, -0.05) is 12.5 Å². The van der Waals surface area contributed by atoms with Crippen molar-refractivity contribution < 1.29 is 9.53 Å². The fourth-order valence-corrected chi connectivity index (χ4v) is 2.61. The molecule has 0 heterocycles. The first-order valence-electron chi connectivity index (χ1n) is 6.96. The van der Waals surface area contributed by atoms with E-state index in [-0.39, 0.29) is 24.1 Å². The summed E-state index contributed by atoms with van der Waals surface area (Å²) in [6.07, 6.45) is 3.37. The summed E-state index contributed by atoms with van der Waals surface area (Å²) in [5.74, 6) is 0.315. The van der Waals surface area contributed by atoms with Crippen LogP contribution >= 0.6 is 11.6 Å². The van der Waals surface area contributed by atoms with Gasteiger partial charge < -0.3 is 4.74 Å². The Bertz CT molecular complexity index is 358. The monoisotopic (exact) mass is 287 g/mol. The van der Waals surface area contributed by atoms with Crippen molar-refractivity contribution in [3.05, 3.63) is 11.3 Å². The minimum Gasteiger partial charge on any atom is -0.355 e. The molecule has 1 unspecified atom stereocenters. The van der Waals surface area contributed by atoms with Gasteiger partial charge in [0.25, 0.3) is 0 Å². The number of amides is 1. The number of allylic oxidation sites excluding steroid dienone is 2. The van der Waals surface area contributed by atoms with E-state index in [4.69, 9.17) is 16.3 Å². The number of carbonyl (C=O) groups excluding carboxylic acids is 1. The third-order valence-corrected chi connectivity index (χ3v) is 3.65. The zero-order valence-electron chi connectivity index (χ0n) is 12.8. The summed E-state index contributed by atoms with van der Waals surface area (Å²) >= 11 is 5.74. The summed E-state index contributed by atoms with van der Waals surface area (Å²) in [6, 6.07) is 0. The van der Waals surface area contributed by atoms with Gasteiger partial charge in [0.2, 0.25) is 5.91 Å². The lowest BCUT2D eigenvalue weighted by Gasteiger charge is -2.35. The summed E-state index contributed by atoms with van der Waals surface area (Å²) in [5.41, 5.74) is 2.13. The van der Waals surface area contributed by atoms with Gasteiger partial charge in [-0.2, -0.15) is 0 Å². The van der Waals surface area contributed by atoms with Crippen LogP contribution in [0.15, 0.2) is 11.3 Å². The number of hydrogen-bond donors (Lipinski definition) is 0. The topological polar surface area (TPSA) is 29.5 Å². The van der Waals surface area contributed by atoms with E-state index in [9.17, 15) is 4.79 Å². The maximum atomic E-state index is 12.1. The van der Waals surface area contributed by atoms with Gasteiger partial charge in [-0.3, -0.25) is 9.69 Å². The molecule has 0 fully saturated rings. The minimum atomic E-state index is -0.267. The summed E-state index contributed by atoms with van der Waals surface area (Å²) in [4.78, 5) is 13.8. The van der Waals surface area contributed by atoms with Crippen LogP contribution in [0.25, 0.3) is 0 Å². The van der Waals surface area contributed by atoms with Gasteiger partial charge >= 0.3 is 0 Å². The highest BCUT2D eigenvalue weighted by molar-refractivity contribution is 6.27. The van der Waals surface area contributed by atoms with E-state index >= 15 is 0 Å². The average molecular weight is 288 g/mol. The van der Waals surface area contributed by atoms with Gasteiger partial charge in [-0.25, -0.2) is 0 Å². The van der Waals surface area contributed by atoms with Crippen LogP contribution < -0.4 is 0 Å². The van der Waals surface area contributed by atoms with Crippen LogP contribution in [0.4, 0.5) is 0 Å². The molecule has 0 N–H and O–H groups in total. The van der Waals surface area contributed by atoms with Crippen LogP contribution in [0.5, 0.6) is 0 Å². The van der Waals surface area contributed by atoms with Gasteiger partial charge in [0.15, 0.2) is 0 Å². The molecule has 0 spiro atoms. The Hall–Kier alpha value is -0.540. The van der Waals surface area contributed by atoms with Crippen molar-refractivity contribution in [1.82, 2.24) is 4.90 Å². The Morgan fingerprint density at radius 3 is 2.58 bits per heavy atom. The fraction of sp³-hybridized carbons (Fsp3) is 0.800. The minimum absolute atomic E-state index is 0.00297. The molecule has 1 amide bonds. The Kier molecular flexibility index (Phi) is 5.87. The van der Waals surface area contributed by atoms with Gasteiger partial charge in [0.05, 0.1) is 5.60 Å². The van der Waals surface area contributed by atoms with Crippen LogP contribution in [0, 0.1) is 5.92 Å². The maximum Gasteiger partial charge on any atom is 0.243 e. The van der Waals surface area contributed by atoms with Crippen molar-refractivity contribution in [3.63, 3.8) is 0 Å². The Morgan fingerprint density at radius 2 is 2.11 bits per heavy atom. The SMILES string of the molecule is CC1=C(N(COC(C)(C)C)C(=O)CCl)C(C)CCC1. The molecule has 0 radical (unpaired) electrons. The van der Waals surface area contributed by atoms with Crippen molar-refractivity contribution in [1.29, 1.82) is 0 Å². The van der Waals surface area contributed by atoms with Crippen molar-refractivity contribution >= 4 is 17.5 Å². The van der Waals surface area contributed by atoms with Crippen LogP contribution in [-0.2, 0) is 9.53 Å². The van der Waals surface area contributed by atoms with E-state index in [1.165, 1.54) is 12.0 Å². The molecular weight excluding hydrogens is 262 g/mol. The van der Waals surface area contributed by atoms with Crippen LogP contribution in [0.2, 0.25) is 0 Å². The van der Waals surface area contributed by atoms with E-state index in [0.29, 0.717) is 5.92 Å². The number of nitrogens with zero attached hydrogens (tertiary/aromatic N) is 1. The van der Waals surface area contributed by atoms with E-state index in [1.54, 1.807) is 4.90 Å². The van der Waals surface area contributed by atoms with Gasteiger partial charge in [0.1, 0.15) is 12.6 Å². The molecule has 3 nitrogen and oxygen atoms in total. The quantitative estimate of drug-likeness (QED) is 0.579. The largest absolute Gasteiger partial charge is 0.355 e. The molecule has 110 valence electrons. The first kappa shape index (κ1) is 16.5. The Morgan fingerprint density at radius 1 is 1.47 bits per heavy atom. The third kappa shape index (κ3) is 4.81. The molecule has 1 atom stereocenters. The smallest absolute Gasteiger partial charge is 0.243 e. The van der Waals surface area contributed by atoms with Crippen molar-refractivity contribution in [2.45, 2.75) is 59.5 Å². The zero-order valence-corrected chi connectivity index (χ0v) is 13.5. The average Bonchev–Trinajstić information content (AvgIpc) is 2.30. The number of alkyl halides is 1. The number of rotatable bonds is 4. The summed E-state index contributed by atoms with van der Waals surface area (Å²) < 4.78 is 5.78. The first-order chi connectivity index (χ1) is 8.76. The number of halogens is 1. The predicted octanol–water partition coefficient (Wildman–Crippen LogP) is 3.92. The molecule has 0 aromatic rings. The molecule has 0 aromatic carbocycles. The molecule has 1 aliphatic rings. The van der Waals surface area contributed by atoms with Crippen LogP contribution in [-0.4, -0.2) is 29.0 Å². The van der Waals surface area contributed by atoms with E-state index in [1.807, 2.05) is 20.8 Å². The first-order valence-corrected chi connectivity index (χ1v) is 7.49. The van der Waals surface area contributed by atoms with Crippen molar-refractivity contribution in [3.8, 4) is 0 Å². The lowest BCUT2D eigenvalue weighted by atomic mass is 9.88.